The van der Waals surface area contributed by atoms with Crippen LogP contribution in [0.2, 0.25) is 0 Å². The Kier molecular flexibility index (Phi) is 4.30. The number of ether oxygens (including phenoxy) is 1. The topological polar surface area (TPSA) is 120 Å². The summed E-state index contributed by atoms with van der Waals surface area (Å²) < 4.78 is 5.55. The standard InChI is InChI=1S/C13H12N4O4/c1-20-17-6-10-11(14)15-7-16-12(10)21-9-4-2-8(3-5-9)13(18)19/h2-7H,1H3,(H,18,19)(H2,14,15,16)/b17-6+. The molecular formula is C13H12N4O4. The molecule has 0 spiro atoms. The Hall–Kier alpha value is -3.16. The van der Waals surface area contributed by atoms with Crippen LogP contribution < -0.4 is 10.5 Å². The zero-order chi connectivity index (χ0) is 15.2. The molecule has 0 aliphatic heterocycles. The van der Waals surface area contributed by atoms with Crippen LogP contribution in [-0.4, -0.2) is 34.4 Å². The molecule has 0 saturated carbocycles. The number of carboxylic acids is 1. The number of aromatic carboxylic acids is 1. The summed E-state index contributed by atoms with van der Waals surface area (Å²) in [5.41, 5.74) is 6.24. The molecule has 8 heteroatoms. The highest BCUT2D eigenvalue weighted by Crippen LogP contribution is 2.24. The number of aromatic nitrogens is 2. The van der Waals surface area contributed by atoms with E-state index in [0.29, 0.717) is 11.3 Å². The van der Waals surface area contributed by atoms with Crippen LogP contribution in [0.3, 0.4) is 0 Å². The fourth-order valence-electron chi connectivity index (χ4n) is 1.48. The van der Waals surface area contributed by atoms with Crippen LogP contribution in [0.1, 0.15) is 15.9 Å². The number of hydrogen-bond donors (Lipinski definition) is 2. The molecule has 1 heterocycles. The largest absolute Gasteiger partial charge is 0.478 e. The summed E-state index contributed by atoms with van der Waals surface area (Å²) in [7, 11) is 1.39. The first-order valence-corrected chi connectivity index (χ1v) is 5.80. The van der Waals surface area contributed by atoms with E-state index in [9.17, 15) is 4.79 Å². The minimum Gasteiger partial charge on any atom is -0.478 e. The smallest absolute Gasteiger partial charge is 0.335 e. The molecule has 0 unspecified atom stereocenters. The lowest BCUT2D eigenvalue weighted by Gasteiger charge is -2.08. The van der Waals surface area contributed by atoms with Crippen molar-refractivity contribution in [3.63, 3.8) is 0 Å². The van der Waals surface area contributed by atoms with E-state index in [0.717, 1.165) is 0 Å². The third-order valence-electron chi connectivity index (χ3n) is 2.48. The first kappa shape index (κ1) is 14.3. The summed E-state index contributed by atoms with van der Waals surface area (Å²) in [6.45, 7) is 0. The first-order chi connectivity index (χ1) is 10.1. The van der Waals surface area contributed by atoms with Gasteiger partial charge in [0.1, 0.15) is 30.6 Å². The highest BCUT2D eigenvalue weighted by atomic mass is 16.6. The van der Waals surface area contributed by atoms with Crippen molar-refractivity contribution in [1.29, 1.82) is 0 Å². The van der Waals surface area contributed by atoms with Gasteiger partial charge in [-0.25, -0.2) is 14.8 Å². The van der Waals surface area contributed by atoms with E-state index in [1.165, 1.54) is 43.9 Å². The molecule has 0 aliphatic carbocycles. The number of nitrogens with zero attached hydrogens (tertiary/aromatic N) is 3. The summed E-state index contributed by atoms with van der Waals surface area (Å²) in [6, 6.07) is 5.87. The Morgan fingerprint density at radius 1 is 1.33 bits per heavy atom. The van der Waals surface area contributed by atoms with E-state index in [4.69, 9.17) is 15.6 Å². The second kappa shape index (κ2) is 6.33. The van der Waals surface area contributed by atoms with Gasteiger partial charge in [-0.1, -0.05) is 5.16 Å². The van der Waals surface area contributed by atoms with E-state index in [1.54, 1.807) is 0 Å². The Morgan fingerprint density at radius 2 is 2.05 bits per heavy atom. The maximum Gasteiger partial charge on any atom is 0.335 e. The van der Waals surface area contributed by atoms with Crippen LogP contribution in [0, 0.1) is 0 Å². The molecule has 8 nitrogen and oxygen atoms in total. The van der Waals surface area contributed by atoms with Gasteiger partial charge in [0.05, 0.1) is 11.8 Å². The number of hydrogen-bond acceptors (Lipinski definition) is 7. The van der Waals surface area contributed by atoms with Crippen LogP contribution in [0.5, 0.6) is 11.6 Å². The summed E-state index contributed by atoms with van der Waals surface area (Å²) in [5, 5.41) is 12.4. The number of anilines is 1. The fourth-order valence-corrected chi connectivity index (χ4v) is 1.48. The van der Waals surface area contributed by atoms with E-state index in [2.05, 4.69) is 20.0 Å². The van der Waals surface area contributed by atoms with Gasteiger partial charge in [-0.15, -0.1) is 0 Å². The van der Waals surface area contributed by atoms with Gasteiger partial charge in [0, 0.05) is 0 Å². The average Bonchev–Trinajstić information content (AvgIpc) is 2.47. The van der Waals surface area contributed by atoms with Crippen molar-refractivity contribution in [2.75, 3.05) is 12.8 Å². The zero-order valence-corrected chi connectivity index (χ0v) is 11.1. The van der Waals surface area contributed by atoms with Crippen LogP contribution in [-0.2, 0) is 4.84 Å². The minimum atomic E-state index is -1.01. The molecule has 21 heavy (non-hydrogen) atoms. The van der Waals surface area contributed by atoms with Gasteiger partial charge >= 0.3 is 5.97 Å². The molecule has 0 fully saturated rings. The Balaban J connectivity index is 2.28. The van der Waals surface area contributed by atoms with Crippen LogP contribution in [0.4, 0.5) is 5.82 Å². The number of carbonyl (C=O) groups is 1. The third kappa shape index (κ3) is 3.44. The number of benzene rings is 1. The molecule has 2 aromatic rings. The van der Waals surface area contributed by atoms with Crippen LogP contribution in [0.15, 0.2) is 35.7 Å². The average molecular weight is 288 g/mol. The maximum atomic E-state index is 10.8. The number of nitrogen functional groups attached to an aromatic ring is 1. The van der Waals surface area contributed by atoms with Crippen LogP contribution in [0.25, 0.3) is 0 Å². The van der Waals surface area contributed by atoms with Gasteiger partial charge in [-0.3, -0.25) is 0 Å². The molecule has 0 bridgehead atoms. The second-order valence-corrected chi connectivity index (χ2v) is 3.83. The van der Waals surface area contributed by atoms with Gasteiger partial charge in [-0.2, -0.15) is 0 Å². The molecule has 0 amide bonds. The lowest BCUT2D eigenvalue weighted by molar-refractivity contribution is 0.0697. The molecule has 0 atom stereocenters. The van der Waals surface area contributed by atoms with E-state index >= 15 is 0 Å². The molecule has 0 aliphatic rings. The van der Waals surface area contributed by atoms with Crippen molar-refractivity contribution in [2.45, 2.75) is 0 Å². The summed E-state index contributed by atoms with van der Waals surface area (Å²) in [5.74, 6) is -0.236. The summed E-state index contributed by atoms with van der Waals surface area (Å²) in [6.07, 6.45) is 2.58. The summed E-state index contributed by atoms with van der Waals surface area (Å²) >= 11 is 0. The molecule has 0 saturated heterocycles. The summed E-state index contributed by atoms with van der Waals surface area (Å²) in [4.78, 5) is 23.2. The van der Waals surface area contributed by atoms with Crippen molar-refractivity contribution in [3.8, 4) is 11.6 Å². The van der Waals surface area contributed by atoms with Gasteiger partial charge < -0.3 is 20.4 Å². The number of carboxylic acid groups (broad SMARTS) is 1. The minimum absolute atomic E-state index is 0.158. The van der Waals surface area contributed by atoms with Gasteiger partial charge in [0.25, 0.3) is 0 Å². The van der Waals surface area contributed by atoms with Crippen molar-refractivity contribution in [3.05, 3.63) is 41.7 Å². The lowest BCUT2D eigenvalue weighted by Crippen LogP contribution is -2.02. The Bertz CT molecular complexity index is 670. The zero-order valence-electron chi connectivity index (χ0n) is 11.1. The normalized spacial score (nSPS) is 10.5. The van der Waals surface area contributed by atoms with E-state index in [-0.39, 0.29) is 17.3 Å². The highest BCUT2D eigenvalue weighted by molar-refractivity contribution is 5.88. The van der Waals surface area contributed by atoms with Crippen molar-refractivity contribution < 1.29 is 19.5 Å². The van der Waals surface area contributed by atoms with Gasteiger partial charge in [0.15, 0.2) is 0 Å². The fraction of sp³-hybridized carbons (Fsp3) is 0.0769. The molecule has 2 rings (SSSR count). The number of nitrogens with two attached hydrogens (primary N) is 1. The molecule has 1 aromatic heterocycles. The molecule has 108 valence electrons. The molecule has 0 radical (unpaired) electrons. The third-order valence-corrected chi connectivity index (χ3v) is 2.48. The predicted molar refractivity (Wildman–Crippen MR) is 74.5 cm³/mol. The molecule has 1 aromatic carbocycles. The molecular weight excluding hydrogens is 276 g/mol. The maximum absolute atomic E-state index is 10.8. The highest BCUT2D eigenvalue weighted by Gasteiger charge is 2.10. The monoisotopic (exact) mass is 288 g/mol. The van der Waals surface area contributed by atoms with Gasteiger partial charge in [0.2, 0.25) is 5.88 Å². The van der Waals surface area contributed by atoms with Crippen molar-refractivity contribution in [1.82, 2.24) is 9.97 Å². The predicted octanol–water partition coefficient (Wildman–Crippen LogP) is 1.53. The lowest BCUT2D eigenvalue weighted by atomic mass is 10.2. The Labute approximate surface area is 119 Å². The van der Waals surface area contributed by atoms with E-state index in [1.807, 2.05) is 0 Å². The number of oxime groups is 1. The molecule has 3 N–H and O–H groups in total. The second-order valence-electron chi connectivity index (χ2n) is 3.83. The first-order valence-electron chi connectivity index (χ1n) is 5.80. The van der Waals surface area contributed by atoms with E-state index < -0.39 is 5.97 Å². The Morgan fingerprint density at radius 3 is 2.67 bits per heavy atom. The van der Waals surface area contributed by atoms with Crippen LogP contribution >= 0.6 is 0 Å². The number of rotatable bonds is 5. The van der Waals surface area contributed by atoms with Gasteiger partial charge in [-0.05, 0) is 24.3 Å². The quantitative estimate of drug-likeness (QED) is 0.632. The van der Waals surface area contributed by atoms with Crippen molar-refractivity contribution >= 4 is 18.0 Å². The van der Waals surface area contributed by atoms with Crippen molar-refractivity contribution in [2.24, 2.45) is 5.16 Å². The SMILES string of the molecule is CO/N=C/c1c(N)ncnc1Oc1ccc(C(=O)O)cc1.